The second-order valence-corrected chi connectivity index (χ2v) is 7.98. The molecule has 0 aliphatic carbocycles. The Labute approximate surface area is 153 Å². The number of hydrogen-bond donors (Lipinski definition) is 2. The Kier molecular flexibility index (Phi) is 5.97. The molecule has 26 heavy (non-hydrogen) atoms. The van der Waals surface area contributed by atoms with E-state index in [1.54, 1.807) is 24.5 Å². The van der Waals surface area contributed by atoms with Crippen molar-refractivity contribution < 1.29 is 13.2 Å². The summed E-state index contributed by atoms with van der Waals surface area (Å²) in [6, 6.07) is 10.00. The Morgan fingerprint density at radius 1 is 1.15 bits per heavy atom. The number of amides is 1. The second kappa shape index (κ2) is 8.39. The van der Waals surface area contributed by atoms with Crippen LogP contribution in [0.5, 0.6) is 0 Å². The number of carbonyl (C=O) groups excluding carboxylic acids is 1. The van der Waals surface area contributed by atoms with Crippen LogP contribution in [0.15, 0.2) is 53.7 Å². The summed E-state index contributed by atoms with van der Waals surface area (Å²) in [4.78, 5) is 16.5. The monoisotopic (exact) mass is 374 g/mol. The van der Waals surface area contributed by atoms with Crippen molar-refractivity contribution in [3.8, 4) is 0 Å². The Bertz CT molecular complexity index is 850. The molecule has 1 saturated heterocycles. The Balaban J connectivity index is 1.65. The molecule has 1 aromatic heterocycles. The van der Waals surface area contributed by atoms with E-state index in [-0.39, 0.29) is 10.8 Å². The third-order valence-electron chi connectivity index (χ3n) is 4.26. The van der Waals surface area contributed by atoms with Crippen LogP contribution >= 0.6 is 0 Å². The third-order valence-corrected chi connectivity index (χ3v) is 6.15. The number of benzene rings is 1. The van der Waals surface area contributed by atoms with Gasteiger partial charge in [-0.1, -0.05) is 6.07 Å². The van der Waals surface area contributed by atoms with E-state index in [9.17, 15) is 13.2 Å². The number of aromatic nitrogens is 1. The van der Waals surface area contributed by atoms with Gasteiger partial charge in [0, 0.05) is 50.7 Å². The lowest BCUT2D eigenvalue weighted by Crippen LogP contribution is -2.46. The average molecular weight is 374 g/mol. The first kappa shape index (κ1) is 18.5. The number of hydrogen-bond acceptors (Lipinski definition) is 5. The lowest BCUT2D eigenvalue weighted by atomic mass is 10.2. The molecule has 2 heterocycles. The maximum absolute atomic E-state index is 12.7. The fourth-order valence-corrected chi connectivity index (χ4v) is 4.29. The predicted octanol–water partition coefficient (Wildman–Crippen LogP) is 0.648. The molecule has 1 aliphatic rings. The normalized spacial score (nSPS) is 15.5. The standard InChI is InChI=1S/C18H22N4O3S/c23-18(21-9-6-15-4-7-19-8-5-15)16-2-1-3-17(14-16)26(24,25)22-12-10-20-11-13-22/h1-5,7-8,14,20H,6,9-13H2,(H,21,23). The van der Waals surface area contributed by atoms with Gasteiger partial charge >= 0.3 is 0 Å². The van der Waals surface area contributed by atoms with E-state index in [2.05, 4.69) is 15.6 Å². The second-order valence-electron chi connectivity index (χ2n) is 6.04. The predicted molar refractivity (Wildman–Crippen MR) is 98.3 cm³/mol. The third kappa shape index (κ3) is 4.46. The summed E-state index contributed by atoms with van der Waals surface area (Å²) in [5.41, 5.74) is 1.42. The van der Waals surface area contributed by atoms with Crippen LogP contribution in [0.25, 0.3) is 0 Å². The van der Waals surface area contributed by atoms with Crippen LogP contribution in [-0.4, -0.2) is 56.3 Å². The number of pyridine rings is 1. The Morgan fingerprint density at radius 3 is 2.62 bits per heavy atom. The van der Waals surface area contributed by atoms with Crippen molar-refractivity contribution in [3.05, 3.63) is 59.9 Å². The van der Waals surface area contributed by atoms with E-state index in [4.69, 9.17) is 0 Å². The highest BCUT2D eigenvalue weighted by atomic mass is 32.2. The van der Waals surface area contributed by atoms with Crippen LogP contribution < -0.4 is 10.6 Å². The molecule has 0 saturated carbocycles. The molecule has 0 radical (unpaired) electrons. The minimum absolute atomic E-state index is 0.154. The van der Waals surface area contributed by atoms with Crippen molar-refractivity contribution in [2.45, 2.75) is 11.3 Å². The largest absolute Gasteiger partial charge is 0.352 e. The van der Waals surface area contributed by atoms with E-state index in [0.29, 0.717) is 44.7 Å². The van der Waals surface area contributed by atoms with Gasteiger partial charge in [-0.3, -0.25) is 9.78 Å². The summed E-state index contributed by atoms with van der Waals surface area (Å²) in [5.74, 6) is -0.281. The molecule has 7 nitrogen and oxygen atoms in total. The van der Waals surface area contributed by atoms with Crippen LogP contribution in [0.1, 0.15) is 15.9 Å². The smallest absolute Gasteiger partial charge is 0.251 e. The number of nitrogens with zero attached hydrogens (tertiary/aromatic N) is 2. The molecule has 3 rings (SSSR count). The number of rotatable bonds is 6. The van der Waals surface area contributed by atoms with Gasteiger partial charge in [-0.05, 0) is 42.3 Å². The van der Waals surface area contributed by atoms with E-state index in [1.807, 2.05) is 12.1 Å². The molecular weight excluding hydrogens is 352 g/mol. The van der Waals surface area contributed by atoms with Gasteiger partial charge in [-0.25, -0.2) is 8.42 Å². The fourth-order valence-electron chi connectivity index (χ4n) is 2.80. The maximum atomic E-state index is 12.7. The summed E-state index contributed by atoms with van der Waals surface area (Å²) < 4.78 is 26.9. The van der Waals surface area contributed by atoms with E-state index < -0.39 is 10.0 Å². The molecule has 8 heteroatoms. The molecule has 0 atom stereocenters. The van der Waals surface area contributed by atoms with Gasteiger partial charge in [-0.2, -0.15) is 4.31 Å². The van der Waals surface area contributed by atoms with E-state index >= 15 is 0 Å². The van der Waals surface area contributed by atoms with Crippen LogP contribution in [0.2, 0.25) is 0 Å². The van der Waals surface area contributed by atoms with Gasteiger partial charge in [0.05, 0.1) is 4.90 Å². The van der Waals surface area contributed by atoms with Gasteiger partial charge < -0.3 is 10.6 Å². The molecule has 138 valence electrons. The van der Waals surface area contributed by atoms with Gasteiger partial charge in [0.25, 0.3) is 5.91 Å². The minimum atomic E-state index is -3.58. The Hall–Kier alpha value is -2.29. The number of sulfonamides is 1. The van der Waals surface area contributed by atoms with Crippen molar-refractivity contribution in [1.29, 1.82) is 0 Å². The van der Waals surface area contributed by atoms with Gasteiger partial charge in [0.1, 0.15) is 0 Å². The zero-order valence-corrected chi connectivity index (χ0v) is 15.2. The van der Waals surface area contributed by atoms with E-state index in [1.165, 1.54) is 16.4 Å². The molecule has 2 N–H and O–H groups in total. The first-order valence-corrected chi connectivity index (χ1v) is 9.99. The van der Waals surface area contributed by atoms with Gasteiger partial charge in [0.2, 0.25) is 10.0 Å². The first-order valence-electron chi connectivity index (χ1n) is 8.55. The molecule has 1 fully saturated rings. The minimum Gasteiger partial charge on any atom is -0.352 e. The quantitative estimate of drug-likeness (QED) is 0.775. The molecular formula is C18H22N4O3S. The summed E-state index contributed by atoms with van der Waals surface area (Å²) in [6.45, 7) is 2.61. The highest BCUT2D eigenvalue weighted by Gasteiger charge is 2.26. The Morgan fingerprint density at radius 2 is 1.88 bits per heavy atom. The summed E-state index contributed by atoms with van der Waals surface area (Å²) >= 11 is 0. The highest BCUT2D eigenvalue weighted by molar-refractivity contribution is 7.89. The average Bonchev–Trinajstić information content (AvgIpc) is 2.69. The zero-order valence-electron chi connectivity index (χ0n) is 14.4. The molecule has 1 aromatic carbocycles. The highest BCUT2D eigenvalue weighted by Crippen LogP contribution is 2.17. The molecule has 0 unspecified atom stereocenters. The first-order chi connectivity index (χ1) is 12.6. The number of nitrogens with one attached hydrogen (secondary N) is 2. The number of carbonyl (C=O) groups is 1. The number of piperazine rings is 1. The fraction of sp³-hybridized carbons (Fsp3) is 0.333. The van der Waals surface area contributed by atoms with Gasteiger partial charge in [0.15, 0.2) is 0 Å². The van der Waals surface area contributed by atoms with Crippen LogP contribution in [-0.2, 0) is 16.4 Å². The maximum Gasteiger partial charge on any atom is 0.251 e. The summed E-state index contributed by atoms with van der Waals surface area (Å²) in [6.07, 6.45) is 4.11. The SMILES string of the molecule is O=C(NCCc1ccncc1)c1cccc(S(=O)(=O)N2CCNCC2)c1. The molecule has 1 aliphatic heterocycles. The summed E-state index contributed by atoms with van der Waals surface area (Å²) in [5, 5.41) is 5.96. The van der Waals surface area contributed by atoms with Crippen molar-refractivity contribution in [1.82, 2.24) is 19.9 Å². The molecule has 2 aromatic rings. The van der Waals surface area contributed by atoms with Crippen LogP contribution in [0, 0.1) is 0 Å². The van der Waals surface area contributed by atoms with Gasteiger partial charge in [-0.15, -0.1) is 0 Å². The lowest BCUT2D eigenvalue weighted by molar-refractivity contribution is 0.0954. The molecule has 0 spiro atoms. The lowest BCUT2D eigenvalue weighted by Gasteiger charge is -2.26. The van der Waals surface area contributed by atoms with Crippen molar-refractivity contribution in [3.63, 3.8) is 0 Å². The summed E-state index contributed by atoms with van der Waals surface area (Å²) in [7, 11) is -3.58. The van der Waals surface area contributed by atoms with Crippen LogP contribution in [0.4, 0.5) is 0 Å². The molecule has 0 bridgehead atoms. The van der Waals surface area contributed by atoms with Crippen molar-refractivity contribution >= 4 is 15.9 Å². The van der Waals surface area contributed by atoms with Crippen molar-refractivity contribution in [2.24, 2.45) is 0 Å². The zero-order chi connectivity index (χ0) is 18.4. The molecule has 1 amide bonds. The topological polar surface area (TPSA) is 91.4 Å². The van der Waals surface area contributed by atoms with Crippen molar-refractivity contribution in [2.75, 3.05) is 32.7 Å². The van der Waals surface area contributed by atoms with E-state index in [0.717, 1.165) is 5.56 Å². The van der Waals surface area contributed by atoms with Crippen LogP contribution in [0.3, 0.4) is 0 Å².